The molecule has 3 heterocycles. The summed E-state index contributed by atoms with van der Waals surface area (Å²) in [6.45, 7) is -0.0128. The second-order valence-corrected chi connectivity index (χ2v) is 11.0. The zero-order chi connectivity index (χ0) is 27.0. The molecule has 1 spiro atoms. The number of nitrogens with zero attached hydrogens (tertiary/aromatic N) is 2. The number of fused-ring (bicyclic) bond motifs is 2. The van der Waals surface area contributed by atoms with E-state index in [0.29, 0.717) is 16.7 Å². The quantitative estimate of drug-likeness (QED) is 0.222. The lowest BCUT2D eigenvalue weighted by Gasteiger charge is -2.47. The van der Waals surface area contributed by atoms with Crippen LogP contribution in [0.25, 0.3) is 0 Å². The minimum absolute atomic E-state index is 0.0473. The van der Waals surface area contributed by atoms with Crippen LogP contribution in [0.3, 0.4) is 0 Å². The zero-order valence-electron chi connectivity index (χ0n) is 18.4. The van der Waals surface area contributed by atoms with Crippen LogP contribution in [-0.2, 0) is 26.5 Å². The number of hydrogen-bond donors (Lipinski definition) is 0. The predicted octanol–water partition coefficient (Wildman–Crippen LogP) is 6.95. The topological polar surface area (TPSA) is 41.9 Å². The zero-order valence-corrected chi connectivity index (χ0v) is 20.8. The van der Waals surface area contributed by atoms with Crippen molar-refractivity contribution < 1.29 is 40.3 Å². The molecule has 2 aromatic rings. The molecule has 37 heavy (non-hydrogen) atoms. The molecule has 0 aromatic heterocycles. The Morgan fingerprint density at radius 3 is 2.32 bits per heavy atom. The molecule has 1 saturated heterocycles. The lowest BCUT2D eigenvalue weighted by atomic mass is 9.83. The second kappa shape index (κ2) is 8.75. The van der Waals surface area contributed by atoms with Crippen LogP contribution in [0.1, 0.15) is 35.1 Å². The van der Waals surface area contributed by atoms with Crippen LogP contribution >= 0.6 is 35.1 Å². The van der Waals surface area contributed by atoms with Gasteiger partial charge in [0, 0.05) is 6.42 Å². The van der Waals surface area contributed by atoms with Gasteiger partial charge in [0.15, 0.2) is 10.6 Å². The molecular weight excluding hydrogens is 572 g/mol. The highest BCUT2D eigenvalue weighted by Gasteiger charge is 2.60. The number of amides is 1. The molecule has 3 aliphatic heterocycles. The van der Waals surface area contributed by atoms with Crippen LogP contribution in [0.2, 0.25) is 10.0 Å². The number of halogens is 9. The third-order valence-electron chi connectivity index (χ3n) is 6.67. The Balaban J connectivity index is 1.37. The van der Waals surface area contributed by atoms with Crippen molar-refractivity contribution in [3.63, 3.8) is 0 Å². The molecule has 0 bridgehead atoms. The molecule has 0 unspecified atom stereocenters. The van der Waals surface area contributed by atoms with Crippen molar-refractivity contribution in [2.45, 2.75) is 42.1 Å². The van der Waals surface area contributed by atoms with Crippen LogP contribution in [0, 0.1) is 5.82 Å². The van der Waals surface area contributed by atoms with Crippen LogP contribution in [0.15, 0.2) is 34.7 Å². The average Bonchev–Trinajstić information content (AvgIpc) is 3.37. The van der Waals surface area contributed by atoms with E-state index in [-0.39, 0.29) is 42.9 Å². The monoisotopic (exact) mass is 586 g/mol. The summed E-state index contributed by atoms with van der Waals surface area (Å²) in [6.07, 6.45) is -11.5. The Morgan fingerprint density at radius 2 is 1.73 bits per heavy atom. The maximum absolute atomic E-state index is 14.3. The van der Waals surface area contributed by atoms with E-state index in [2.05, 4.69) is 4.40 Å². The number of benzene rings is 2. The lowest BCUT2D eigenvalue weighted by molar-refractivity contribution is -0.185. The number of carbonyl (C=O) groups is 1. The number of alkyl halides is 6. The molecule has 0 N–H and O–H groups in total. The molecule has 2 aromatic carbocycles. The van der Waals surface area contributed by atoms with Crippen LogP contribution < -0.4 is 0 Å². The first-order chi connectivity index (χ1) is 17.1. The molecule has 1 amide bonds. The highest BCUT2D eigenvalue weighted by molar-refractivity contribution is 7.99. The number of likely N-dealkylation sites (tertiary alicyclic amines) is 1. The summed E-state index contributed by atoms with van der Waals surface area (Å²) >= 11 is 11.8. The van der Waals surface area contributed by atoms with Gasteiger partial charge in [0.2, 0.25) is 5.91 Å². The van der Waals surface area contributed by atoms with Crippen molar-refractivity contribution in [3.8, 4) is 0 Å². The van der Waals surface area contributed by atoms with Gasteiger partial charge in [0.1, 0.15) is 12.0 Å². The Hall–Kier alpha value is -2.02. The number of hydrogen-bond acceptors (Lipinski definition) is 4. The van der Waals surface area contributed by atoms with Crippen molar-refractivity contribution in [2.75, 3.05) is 13.1 Å². The highest BCUT2D eigenvalue weighted by atomic mass is 35.5. The molecule has 1 fully saturated rings. The fraction of sp³-hybridized carbons (Fsp3) is 0.391. The molecule has 5 rings (SSSR count). The Labute approximate surface area is 219 Å². The number of carbonyl (C=O) groups excluding carboxylic acids is 1. The molecule has 198 valence electrons. The van der Waals surface area contributed by atoms with E-state index in [1.165, 1.54) is 0 Å². The summed E-state index contributed by atoms with van der Waals surface area (Å²) in [5, 5.41) is -1.08. The van der Waals surface area contributed by atoms with Gasteiger partial charge >= 0.3 is 12.4 Å². The van der Waals surface area contributed by atoms with E-state index in [1.54, 1.807) is 18.2 Å². The minimum Gasteiger partial charge on any atom is -0.362 e. The smallest absolute Gasteiger partial charge is 0.362 e. The number of ether oxygens (including phenoxy) is 1. The summed E-state index contributed by atoms with van der Waals surface area (Å²) in [5.41, 5.74) is 0.573. The molecule has 0 radical (unpaired) electrons. The summed E-state index contributed by atoms with van der Waals surface area (Å²) in [5.74, 6) is -2.07. The van der Waals surface area contributed by atoms with Crippen LogP contribution in [-0.4, -0.2) is 42.0 Å². The molecule has 3 aliphatic rings. The first-order valence-corrected chi connectivity index (χ1v) is 12.3. The molecule has 4 nitrogen and oxygen atoms in total. The minimum atomic E-state index is -4.78. The van der Waals surface area contributed by atoms with Crippen molar-refractivity contribution in [1.82, 2.24) is 4.90 Å². The Bertz CT molecular complexity index is 1300. The predicted molar refractivity (Wildman–Crippen MR) is 123 cm³/mol. The molecule has 0 saturated carbocycles. The summed E-state index contributed by atoms with van der Waals surface area (Å²) < 4.78 is 102. The lowest BCUT2D eigenvalue weighted by Crippen LogP contribution is -2.61. The van der Waals surface area contributed by atoms with Crippen molar-refractivity contribution in [3.05, 3.63) is 68.4 Å². The van der Waals surface area contributed by atoms with Gasteiger partial charge in [0.25, 0.3) is 0 Å². The van der Waals surface area contributed by atoms with Gasteiger partial charge < -0.3 is 9.64 Å². The third-order valence-corrected chi connectivity index (χ3v) is 8.45. The van der Waals surface area contributed by atoms with E-state index in [0.717, 1.165) is 17.0 Å². The molecule has 14 heteroatoms. The normalized spacial score (nSPS) is 22.7. The van der Waals surface area contributed by atoms with Crippen molar-refractivity contribution >= 4 is 46.8 Å². The first-order valence-electron chi connectivity index (χ1n) is 10.7. The maximum atomic E-state index is 14.3. The van der Waals surface area contributed by atoms with Crippen molar-refractivity contribution in [2.24, 2.45) is 4.40 Å². The SMILES string of the molecule is O=C(CC(F)(F)F)N1CC2(C1)OCc1cc(C3=NS[C@@](c4cc(Cl)c(F)c(Cl)c4)(C(F)(F)F)C3)ccc12. The van der Waals surface area contributed by atoms with Gasteiger partial charge in [-0.2, -0.15) is 26.3 Å². The Morgan fingerprint density at radius 1 is 1.08 bits per heavy atom. The second-order valence-electron chi connectivity index (χ2n) is 9.08. The van der Waals surface area contributed by atoms with Crippen LogP contribution in [0.4, 0.5) is 30.7 Å². The van der Waals surface area contributed by atoms with Crippen molar-refractivity contribution in [1.29, 1.82) is 0 Å². The fourth-order valence-corrected chi connectivity index (χ4v) is 6.22. The van der Waals surface area contributed by atoms with Gasteiger partial charge in [-0.1, -0.05) is 35.3 Å². The largest absolute Gasteiger partial charge is 0.409 e. The van der Waals surface area contributed by atoms with E-state index in [4.69, 9.17) is 27.9 Å². The summed E-state index contributed by atoms with van der Waals surface area (Å²) in [7, 11) is 0. The van der Waals surface area contributed by atoms with Gasteiger partial charge in [0.05, 0.1) is 35.5 Å². The fourth-order valence-electron chi connectivity index (χ4n) is 4.77. The summed E-state index contributed by atoms with van der Waals surface area (Å²) in [6, 6.07) is 6.61. The highest BCUT2D eigenvalue weighted by Crippen LogP contribution is 2.57. The maximum Gasteiger partial charge on any atom is 0.409 e. The van der Waals surface area contributed by atoms with Gasteiger partial charge in [-0.05, 0) is 52.4 Å². The standard InChI is InChI=1S/C23H15Cl2F7N2O2S/c24-15-4-13(5-16(25)19(15)26)21(23(30,31)32)6-17(33-37-21)11-1-2-14-12(3-11)8-36-20(14)9-34(10-20)18(35)7-22(27,28)29/h1-5H,6-10H2/t21-/m0/s1. The van der Waals surface area contributed by atoms with Crippen LogP contribution in [0.5, 0.6) is 0 Å². The first kappa shape index (κ1) is 26.6. The molecule has 1 atom stereocenters. The van der Waals surface area contributed by atoms with E-state index >= 15 is 0 Å². The van der Waals surface area contributed by atoms with Gasteiger partial charge in [-0.25, -0.2) is 8.79 Å². The van der Waals surface area contributed by atoms with E-state index in [9.17, 15) is 35.5 Å². The Kier molecular flexibility index (Phi) is 6.29. The van der Waals surface area contributed by atoms with Gasteiger partial charge in [-0.15, -0.1) is 0 Å². The van der Waals surface area contributed by atoms with E-state index in [1.807, 2.05) is 0 Å². The average molecular weight is 587 g/mol. The number of rotatable bonds is 3. The van der Waals surface area contributed by atoms with Gasteiger partial charge in [-0.3, -0.25) is 4.79 Å². The van der Waals surface area contributed by atoms with E-state index < -0.39 is 57.3 Å². The molecule has 0 aliphatic carbocycles. The molecular formula is C23H15Cl2F7N2O2S. The summed E-state index contributed by atoms with van der Waals surface area (Å²) in [4.78, 5) is 12.9. The third kappa shape index (κ3) is 4.49.